The van der Waals surface area contributed by atoms with Crippen molar-refractivity contribution in [1.29, 1.82) is 0 Å². The largest absolute Gasteiger partial charge is 0.457 e. The molecule has 7 aromatic carbocycles. The van der Waals surface area contributed by atoms with Gasteiger partial charge in [0.1, 0.15) is 17.7 Å². The van der Waals surface area contributed by atoms with E-state index in [1.165, 1.54) is 61.2 Å². The zero-order valence-electron chi connectivity index (χ0n) is 27.4. The van der Waals surface area contributed by atoms with E-state index in [0.29, 0.717) is 0 Å². The van der Waals surface area contributed by atoms with Crippen molar-refractivity contribution in [3.8, 4) is 33.8 Å². The van der Waals surface area contributed by atoms with Crippen LogP contribution < -0.4 is 15.4 Å². The van der Waals surface area contributed by atoms with E-state index in [1.54, 1.807) is 0 Å². The van der Waals surface area contributed by atoms with Crippen LogP contribution in [0.3, 0.4) is 0 Å². The lowest BCUT2D eigenvalue weighted by molar-refractivity contribution is 0.436. The number of rotatable bonds is 4. The van der Waals surface area contributed by atoms with Crippen molar-refractivity contribution in [3.63, 3.8) is 0 Å². The van der Waals surface area contributed by atoms with Gasteiger partial charge in [-0.25, -0.2) is 0 Å². The standard InChI is InChI=1S/C47H34N2O/c1-3-14-32(15-4-1)41-30-42(49-46(48-41)34-16-5-2-6-17-34)33-28-26-31(27-29-33)35-19-13-23-40-45(35)36-18-7-8-20-37(36)47(40)38-21-9-11-24-43(38)50-44-25-12-10-22-39(44)47/h1-30,42,46,48-49H. The van der Waals surface area contributed by atoms with Gasteiger partial charge in [0.05, 0.1) is 11.5 Å². The van der Waals surface area contributed by atoms with Crippen LogP contribution in [-0.2, 0) is 5.41 Å². The van der Waals surface area contributed by atoms with Crippen molar-refractivity contribution >= 4 is 5.70 Å². The zero-order chi connectivity index (χ0) is 33.1. The fourth-order valence-corrected chi connectivity index (χ4v) is 8.47. The van der Waals surface area contributed by atoms with Crippen molar-refractivity contribution in [2.24, 2.45) is 0 Å². The molecule has 0 saturated heterocycles. The molecule has 0 radical (unpaired) electrons. The molecule has 0 amide bonds. The van der Waals surface area contributed by atoms with Crippen LogP contribution >= 0.6 is 0 Å². The number of hydrogen-bond acceptors (Lipinski definition) is 3. The summed E-state index contributed by atoms with van der Waals surface area (Å²) in [5.41, 5.74) is 14.2. The smallest absolute Gasteiger partial charge is 0.132 e. The van der Waals surface area contributed by atoms with Gasteiger partial charge in [-0.2, -0.15) is 0 Å². The van der Waals surface area contributed by atoms with Gasteiger partial charge in [-0.3, -0.25) is 5.32 Å². The maximum atomic E-state index is 6.54. The fourth-order valence-electron chi connectivity index (χ4n) is 8.47. The lowest BCUT2D eigenvalue weighted by atomic mass is 9.66. The molecule has 10 rings (SSSR count). The summed E-state index contributed by atoms with van der Waals surface area (Å²) < 4.78 is 6.54. The molecule has 1 aliphatic carbocycles. The molecular weight excluding hydrogens is 609 g/mol. The van der Waals surface area contributed by atoms with Crippen molar-refractivity contribution in [1.82, 2.24) is 10.6 Å². The Morgan fingerprint density at radius 1 is 0.440 bits per heavy atom. The molecule has 238 valence electrons. The Kier molecular flexibility index (Phi) is 6.61. The summed E-state index contributed by atoms with van der Waals surface area (Å²) in [5, 5.41) is 7.60. The summed E-state index contributed by atoms with van der Waals surface area (Å²) in [4.78, 5) is 0. The predicted molar refractivity (Wildman–Crippen MR) is 202 cm³/mol. The van der Waals surface area contributed by atoms with E-state index in [0.717, 1.165) is 17.2 Å². The number of para-hydroxylation sites is 2. The summed E-state index contributed by atoms with van der Waals surface area (Å²) in [7, 11) is 0. The number of fused-ring (bicyclic) bond motifs is 9. The molecule has 3 nitrogen and oxygen atoms in total. The van der Waals surface area contributed by atoms with Crippen LogP contribution in [0.4, 0.5) is 0 Å². The zero-order valence-corrected chi connectivity index (χ0v) is 27.4. The Bertz CT molecular complexity index is 2370. The molecule has 2 aliphatic heterocycles. The van der Waals surface area contributed by atoms with E-state index in [4.69, 9.17) is 4.74 Å². The highest BCUT2D eigenvalue weighted by Gasteiger charge is 2.51. The van der Waals surface area contributed by atoms with E-state index in [-0.39, 0.29) is 12.2 Å². The molecule has 50 heavy (non-hydrogen) atoms. The third kappa shape index (κ3) is 4.34. The summed E-state index contributed by atoms with van der Waals surface area (Å²) in [6.45, 7) is 0. The Hall–Kier alpha value is -6.16. The molecule has 3 heteroatoms. The number of nitrogens with one attached hydrogen (secondary N) is 2. The Morgan fingerprint density at radius 3 is 1.74 bits per heavy atom. The first-order valence-corrected chi connectivity index (χ1v) is 17.3. The van der Waals surface area contributed by atoms with Gasteiger partial charge in [0.2, 0.25) is 0 Å². The highest BCUT2D eigenvalue weighted by atomic mass is 16.5. The normalized spacial score (nSPS) is 17.7. The molecule has 2 unspecified atom stereocenters. The topological polar surface area (TPSA) is 33.3 Å². The van der Waals surface area contributed by atoms with Crippen molar-refractivity contribution in [3.05, 3.63) is 221 Å². The van der Waals surface area contributed by atoms with Crippen LogP contribution in [0.25, 0.3) is 28.0 Å². The van der Waals surface area contributed by atoms with Crippen LogP contribution in [0.5, 0.6) is 11.5 Å². The van der Waals surface area contributed by atoms with Gasteiger partial charge >= 0.3 is 0 Å². The third-order valence-electron chi connectivity index (χ3n) is 10.6. The first-order valence-electron chi connectivity index (χ1n) is 17.3. The Morgan fingerprint density at radius 2 is 1.02 bits per heavy atom. The van der Waals surface area contributed by atoms with Gasteiger partial charge in [-0.15, -0.1) is 0 Å². The van der Waals surface area contributed by atoms with Gasteiger partial charge in [-0.1, -0.05) is 164 Å². The minimum absolute atomic E-state index is 0.0172. The molecule has 7 aromatic rings. The van der Waals surface area contributed by atoms with Gasteiger partial charge in [-0.05, 0) is 68.3 Å². The predicted octanol–water partition coefficient (Wildman–Crippen LogP) is 10.8. The number of benzene rings is 7. The molecule has 0 aromatic heterocycles. The fraction of sp³-hybridized carbons (Fsp3) is 0.0638. The molecular formula is C47H34N2O. The average Bonchev–Trinajstić information content (AvgIpc) is 3.49. The van der Waals surface area contributed by atoms with Crippen molar-refractivity contribution < 1.29 is 4.74 Å². The van der Waals surface area contributed by atoms with Crippen LogP contribution in [-0.4, -0.2) is 0 Å². The van der Waals surface area contributed by atoms with Gasteiger partial charge in [0.25, 0.3) is 0 Å². The number of ether oxygens (including phenoxy) is 1. The lowest BCUT2D eigenvalue weighted by Crippen LogP contribution is -2.39. The van der Waals surface area contributed by atoms with E-state index in [9.17, 15) is 0 Å². The van der Waals surface area contributed by atoms with Crippen LogP contribution in [0, 0.1) is 0 Å². The first-order chi connectivity index (χ1) is 24.8. The summed E-state index contributed by atoms with van der Waals surface area (Å²) >= 11 is 0. The minimum Gasteiger partial charge on any atom is -0.457 e. The van der Waals surface area contributed by atoms with Gasteiger partial charge in [0, 0.05) is 16.8 Å². The van der Waals surface area contributed by atoms with Crippen LogP contribution in [0.15, 0.2) is 182 Å². The van der Waals surface area contributed by atoms with Crippen molar-refractivity contribution in [2.45, 2.75) is 17.6 Å². The van der Waals surface area contributed by atoms with Gasteiger partial charge < -0.3 is 10.1 Å². The maximum absolute atomic E-state index is 6.54. The highest BCUT2D eigenvalue weighted by molar-refractivity contribution is 5.96. The van der Waals surface area contributed by atoms with E-state index in [1.807, 2.05) is 0 Å². The SMILES string of the molecule is C1=C(c2ccccc2)NC(c2ccccc2)NC1c1ccc(-c2cccc3c2-c2ccccc2C32c3ccccc3Oc3ccccc32)cc1. The van der Waals surface area contributed by atoms with E-state index < -0.39 is 5.41 Å². The first kappa shape index (κ1) is 28.8. The third-order valence-corrected chi connectivity index (χ3v) is 10.6. The molecule has 2 heterocycles. The molecule has 2 atom stereocenters. The molecule has 3 aliphatic rings. The summed E-state index contributed by atoms with van der Waals surface area (Å²) in [5.74, 6) is 1.82. The second kappa shape index (κ2) is 11.5. The van der Waals surface area contributed by atoms with Gasteiger partial charge in [0.15, 0.2) is 0 Å². The highest BCUT2D eigenvalue weighted by Crippen LogP contribution is 2.63. The van der Waals surface area contributed by atoms with Crippen LogP contribution in [0.2, 0.25) is 0 Å². The minimum atomic E-state index is -0.475. The molecule has 0 saturated carbocycles. The average molecular weight is 643 g/mol. The molecule has 0 bridgehead atoms. The Labute approximate surface area is 292 Å². The number of hydrogen-bond donors (Lipinski definition) is 2. The van der Waals surface area contributed by atoms with Crippen molar-refractivity contribution in [2.75, 3.05) is 0 Å². The second-order valence-electron chi connectivity index (χ2n) is 13.3. The maximum Gasteiger partial charge on any atom is 0.132 e. The monoisotopic (exact) mass is 642 g/mol. The Balaban J connectivity index is 1.10. The summed E-state index contributed by atoms with van der Waals surface area (Å²) in [6.07, 6.45) is 2.29. The molecule has 1 spiro atoms. The lowest BCUT2D eigenvalue weighted by Gasteiger charge is -2.39. The quantitative estimate of drug-likeness (QED) is 0.200. The molecule has 0 fully saturated rings. The van der Waals surface area contributed by atoms with Crippen LogP contribution in [0.1, 0.15) is 51.2 Å². The van der Waals surface area contributed by atoms with E-state index in [2.05, 4.69) is 193 Å². The molecule has 2 N–H and O–H groups in total. The summed E-state index contributed by atoms with van der Waals surface area (Å²) in [6, 6.07) is 63.3. The second-order valence-corrected chi connectivity index (χ2v) is 13.3. The van der Waals surface area contributed by atoms with E-state index >= 15 is 0 Å².